The fourth-order valence-corrected chi connectivity index (χ4v) is 3.02. The molecule has 0 aliphatic carbocycles. The third-order valence-electron chi connectivity index (χ3n) is 2.65. The lowest BCUT2D eigenvalue weighted by atomic mass is 10.2. The lowest BCUT2D eigenvalue weighted by molar-refractivity contribution is 0.464. The van der Waals surface area contributed by atoms with Gasteiger partial charge in [-0.25, -0.2) is 12.7 Å². The molecule has 6 heteroatoms. The number of nitrogens with zero attached hydrogens (tertiary/aromatic N) is 1. The minimum absolute atomic E-state index is 0.164. The molecule has 0 spiro atoms. The van der Waals surface area contributed by atoms with Crippen LogP contribution in [0.5, 0.6) is 0 Å². The highest BCUT2D eigenvalue weighted by atomic mass is 79.9. The molecule has 102 valence electrons. The number of hydrogen-bond acceptors (Lipinski definition) is 3. The zero-order valence-electron chi connectivity index (χ0n) is 10.5. The molecule has 18 heavy (non-hydrogen) atoms. The van der Waals surface area contributed by atoms with Crippen LogP contribution >= 0.6 is 15.9 Å². The minimum atomic E-state index is -3.17. The largest absolute Gasteiger partial charge is 0.330 e. The first-order chi connectivity index (χ1) is 8.45. The van der Waals surface area contributed by atoms with Crippen molar-refractivity contribution in [3.8, 4) is 0 Å². The predicted molar refractivity (Wildman–Crippen MR) is 77.7 cm³/mol. The average molecular weight is 335 g/mol. The molecule has 0 fully saturated rings. The standard InChI is InChI=1S/C12H19BrN2O2S/c1-15(18(16,17)9-3-2-8-14)10-11-4-6-12(13)7-5-11/h4-7H,2-3,8-10,14H2,1H3. The molecule has 0 aliphatic rings. The number of rotatable bonds is 7. The molecule has 0 radical (unpaired) electrons. The summed E-state index contributed by atoms with van der Waals surface area (Å²) in [5.74, 6) is 0.164. The van der Waals surface area contributed by atoms with Gasteiger partial charge in [-0.2, -0.15) is 0 Å². The van der Waals surface area contributed by atoms with E-state index in [1.165, 1.54) is 4.31 Å². The minimum Gasteiger partial charge on any atom is -0.330 e. The SMILES string of the molecule is CN(Cc1ccc(Br)cc1)S(=O)(=O)CCCCN. The maximum absolute atomic E-state index is 12.0. The van der Waals surface area contributed by atoms with Gasteiger partial charge < -0.3 is 5.73 Å². The molecule has 0 unspecified atom stereocenters. The summed E-state index contributed by atoms with van der Waals surface area (Å²) in [6, 6.07) is 7.64. The van der Waals surface area contributed by atoms with E-state index in [2.05, 4.69) is 15.9 Å². The van der Waals surface area contributed by atoms with E-state index >= 15 is 0 Å². The summed E-state index contributed by atoms with van der Waals surface area (Å²) in [4.78, 5) is 0. The van der Waals surface area contributed by atoms with Crippen molar-refractivity contribution in [2.75, 3.05) is 19.3 Å². The first kappa shape index (κ1) is 15.6. The summed E-state index contributed by atoms with van der Waals surface area (Å²) in [7, 11) is -1.56. The Balaban J connectivity index is 2.58. The maximum Gasteiger partial charge on any atom is 0.214 e. The van der Waals surface area contributed by atoms with Crippen molar-refractivity contribution >= 4 is 26.0 Å². The van der Waals surface area contributed by atoms with E-state index in [1.54, 1.807) is 7.05 Å². The van der Waals surface area contributed by atoms with Crippen LogP contribution in [0.25, 0.3) is 0 Å². The summed E-state index contributed by atoms with van der Waals surface area (Å²) in [6.07, 6.45) is 1.36. The normalized spacial score (nSPS) is 12.0. The van der Waals surface area contributed by atoms with Crippen molar-refractivity contribution in [1.29, 1.82) is 0 Å². The fourth-order valence-electron chi connectivity index (χ4n) is 1.53. The van der Waals surface area contributed by atoms with Gasteiger partial charge in [0.25, 0.3) is 0 Å². The molecule has 1 rings (SSSR count). The number of benzene rings is 1. The van der Waals surface area contributed by atoms with Crippen LogP contribution in [0.15, 0.2) is 28.7 Å². The molecule has 0 atom stereocenters. The zero-order chi connectivity index (χ0) is 13.6. The van der Waals surface area contributed by atoms with E-state index < -0.39 is 10.0 Å². The quantitative estimate of drug-likeness (QED) is 0.775. The van der Waals surface area contributed by atoms with Crippen molar-refractivity contribution in [1.82, 2.24) is 4.31 Å². The summed E-state index contributed by atoms with van der Waals surface area (Å²) in [6.45, 7) is 0.935. The van der Waals surface area contributed by atoms with Gasteiger partial charge in [0.05, 0.1) is 5.75 Å². The van der Waals surface area contributed by atoms with Crippen LogP contribution in [0, 0.1) is 0 Å². The summed E-state index contributed by atoms with van der Waals surface area (Å²) in [5.41, 5.74) is 6.33. The molecule has 0 saturated heterocycles. The second-order valence-electron chi connectivity index (χ2n) is 4.19. The van der Waals surface area contributed by atoms with Crippen LogP contribution in [0.4, 0.5) is 0 Å². The summed E-state index contributed by atoms with van der Waals surface area (Å²) < 4.78 is 26.3. The van der Waals surface area contributed by atoms with E-state index in [0.717, 1.165) is 16.5 Å². The van der Waals surface area contributed by atoms with Crippen molar-refractivity contribution in [3.05, 3.63) is 34.3 Å². The second kappa shape index (κ2) is 7.23. The van der Waals surface area contributed by atoms with Crippen LogP contribution in [0.1, 0.15) is 18.4 Å². The second-order valence-corrected chi connectivity index (χ2v) is 7.31. The molecule has 0 amide bonds. The molecule has 0 aromatic heterocycles. The average Bonchev–Trinajstić information content (AvgIpc) is 2.32. The van der Waals surface area contributed by atoms with Gasteiger partial charge in [-0.15, -0.1) is 0 Å². The maximum atomic E-state index is 12.0. The molecule has 1 aromatic rings. The first-order valence-electron chi connectivity index (χ1n) is 5.84. The summed E-state index contributed by atoms with van der Waals surface area (Å²) in [5, 5.41) is 0. The molecule has 0 heterocycles. The Bertz CT molecular complexity index is 459. The van der Waals surface area contributed by atoms with Crippen molar-refractivity contribution in [2.24, 2.45) is 5.73 Å². The van der Waals surface area contributed by atoms with Crippen molar-refractivity contribution < 1.29 is 8.42 Å². The van der Waals surface area contributed by atoms with Gasteiger partial charge in [-0.05, 0) is 37.1 Å². The fraction of sp³-hybridized carbons (Fsp3) is 0.500. The van der Waals surface area contributed by atoms with Gasteiger partial charge in [0.1, 0.15) is 0 Å². The lowest BCUT2D eigenvalue weighted by Crippen LogP contribution is -2.29. The number of sulfonamides is 1. The van der Waals surface area contributed by atoms with Gasteiger partial charge >= 0.3 is 0 Å². The van der Waals surface area contributed by atoms with Gasteiger partial charge in [0.2, 0.25) is 10.0 Å². The molecule has 1 aromatic carbocycles. The van der Waals surface area contributed by atoms with E-state index in [0.29, 0.717) is 19.5 Å². The lowest BCUT2D eigenvalue weighted by Gasteiger charge is -2.17. The van der Waals surface area contributed by atoms with Crippen LogP contribution in [-0.4, -0.2) is 32.1 Å². The number of hydrogen-bond donors (Lipinski definition) is 1. The highest BCUT2D eigenvalue weighted by molar-refractivity contribution is 9.10. The first-order valence-corrected chi connectivity index (χ1v) is 8.24. The van der Waals surface area contributed by atoms with Crippen molar-refractivity contribution in [3.63, 3.8) is 0 Å². The topological polar surface area (TPSA) is 63.4 Å². The van der Waals surface area contributed by atoms with Crippen molar-refractivity contribution in [2.45, 2.75) is 19.4 Å². The highest BCUT2D eigenvalue weighted by Crippen LogP contribution is 2.13. The summed E-state index contributed by atoms with van der Waals surface area (Å²) >= 11 is 3.35. The van der Waals surface area contributed by atoms with Gasteiger partial charge in [-0.3, -0.25) is 0 Å². The van der Waals surface area contributed by atoms with E-state index in [9.17, 15) is 8.42 Å². The van der Waals surface area contributed by atoms with E-state index in [4.69, 9.17) is 5.73 Å². The molecule has 0 bridgehead atoms. The Morgan fingerprint density at radius 2 is 1.83 bits per heavy atom. The Kier molecular flexibility index (Phi) is 6.28. The molecule has 2 N–H and O–H groups in total. The van der Waals surface area contributed by atoms with Gasteiger partial charge in [0, 0.05) is 18.1 Å². The highest BCUT2D eigenvalue weighted by Gasteiger charge is 2.17. The number of unbranched alkanes of at least 4 members (excludes halogenated alkanes) is 1. The van der Waals surface area contributed by atoms with E-state index in [-0.39, 0.29) is 5.75 Å². The molecular formula is C12H19BrN2O2S. The smallest absolute Gasteiger partial charge is 0.214 e. The Morgan fingerprint density at radius 1 is 1.22 bits per heavy atom. The molecule has 4 nitrogen and oxygen atoms in total. The Morgan fingerprint density at radius 3 is 2.39 bits per heavy atom. The van der Waals surface area contributed by atoms with Crippen LogP contribution in [0.2, 0.25) is 0 Å². The van der Waals surface area contributed by atoms with Crippen LogP contribution < -0.4 is 5.73 Å². The van der Waals surface area contributed by atoms with E-state index in [1.807, 2.05) is 24.3 Å². The van der Waals surface area contributed by atoms with Crippen LogP contribution in [0.3, 0.4) is 0 Å². The number of halogens is 1. The number of nitrogens with two attached hydrogens (primary N) is 1. The molecule has 0 aliphatic heterocycles. The van der Waals surface area contributed by atoms with Crippen LogP contribution in [-0.2, 0) is 16.6 Å². The predicted octanol–water partition coefficient (Wildman–Crippen LogP) is 1.95. The molecular weight excluding hydrogens is 316 g/mol. The third kappa shape index (κ3) is 5.06. The van der Waals surface area contributed by atoms with Gasteiger partial charge in [-0.1, -0.05) is 28.1 Å². The van der Waals surface area contributed by atoms with Gasteiger partial charge in [0.15, 0.2) is 0 Å². The zero-order valence-corrected chi connectivity index (χ0v) is 12.9. The Labute approximate surface area is 117 Å². The monoisotopic (exact) mass is 334 g/mol. The Hall–Kier alpha value is -0.430. The third-order valence-corrected chi connectivity index (χ3v) is 5.06. The molecule has 0 saturated carbocycles.